The highest BCUT2D eigenvalue weighted by molar-refractivity contribution is 9.10. The molecule has 0 saturated heterocycles. The van der Waals surface area contributed by atoms with E-state index in [-0.39, 0.29) is 11.0 Å². The van der Waals surface area contributed by atoms with E-state index in [2.05, 4.69) is 32.6 Å². The Kier molecular flexibility index (Phi) is 6.16. The number of carbonyl (C=O) groups is 1. The number of thiophene rings is 1. The van der Waals surface area contributed by atoms with Crippen molar-refractivity contribution in [3.8, 4) is 11.8 Å². The van der Waals surface area contributed by atoms with Crippen LogP contribution in [0.3, 0.4) is 0 Å². The number of aryl methyl sites for hydroxylation is 2. The highest BCUT2D eigenvalue weighted by Crippen LogP contribution is 2.32. The van der Waals surface area contributed by atoms with E-state index in [9.17, 15) is 10.1 Å². The smallest absolute Gasteiger partial charge is 0.261 e. The first kappa shape index (κ1) is 19.4. The molecule has 25 heavy (non-hydrogen) atoms. The standard InChI is InChI=1S/C17H16BrN3O2S2/c1-8-5-11(18)6-12(14(8)23-4)15(22)20-17(24)21-16-13(7-19)9(2)10(3)25-16/h5-6H,1-4H3,(H2,20,21,22,24). The molecule has 5 nitrogen and oxygen atoms in total. The lowest BCUT2D eigenvalue weighted by Gasteiger charge is -2.13. The minimum atomic E-state index is -0.387. The van der Waals surface area contributed by atoms with Crippen molar-refractivity contribution in [3.05, 3.63) is 43.7 Å². The largest absolute Gasteiger partial charge is 0.496 e. The van der Waals surface area contributed by atoms with Gasteiger partial charge in [0.25, 0.3) is 5.91 Å². The Hall–Kier alpha value is -1.95. The second-order valence-corrected chi connectivity index (χ2v) is 7.86. The van der Waals surface area contributed by atoms with Crippen molar-refractivity contribution in [2.24, 2.45) is 0 Å². The van der Waals surface area contributed by atoms with Crippen LogP contribution >= 0.6 is 39.5 Å². The minimum Gasteiger partial charge on any atom is -0.496 e. The fraction of sp³-hybridized carbons (Fsp3) is 0.235. The fourth-order valence-electron chi connectivity index (χ4n) is 2.32. The number of halogens is 1. The van der Waals surface area contributed by atoms with E-state index in [1.165, 1.54) is 18.4 Å². The monoisotopic (exact) mass is 437 g/mol. The molecule has 8 heteroatoms. The van der Waals surface area contributed by atoms with Gasteiger partial charge < -0.3 is 10.1 Å². The molecule has 1 aromatic carbocycles. The lowest BCUT2D eigenvalue weighted by atomic mass is 10.1. The zero-order valence-corrected chi connectivity index (χ0v) is 17.3. The van der Waals surface area contributed by atoms with E-state index in [0.29, 0.717) is 21.9 Å². The minimum absolute atomic E-state index is 0.127. The molecule has 0 saturated carbocycles. The van der Waals surface area contributed by atoms with Gasteiger partial charge >= 0.3 is 0 Å². The summed E-state index contributed by atoms with van der Waals surface area (Å²) in [5.41, 5.74) is 2.65. The molecule has 1 aromatic heterocycles. The number of amides is 1. The molecular weight excluding hydrogens is 422 g/mol. The molecule has 1 amide bonds. The van der Waals surface area contributed by atoms with E-state index in [1.54, 1.807) is 6.07 Å². The van der Waals surface area contributed by atoms with E-state index >= 15 is 0 Å². The van der Waals surface area contributed by atoms with Crippen LogP contribution in [-0.2, 0) is 0 Å². The fourth-order valence-corrected chi connectivity index (χ4v) is 4.17. The van der Waals surface area contributed by atoms with Gasteiger partial charge in [0.15, 0.2) is 5.11 Å². The van der Waals surface area contributed by atoms with E-state index < -0.39 is 0 Å². The van der Waals surface area contributed by atoms with E-state index in [0.717, 1.165) is 20.5 Å². The van der Waals surface area contributed by atoms with Crippen LogP contribution in [0.5, 0.6) is 5.75 Å². The van der Waals surface area contributed by atoms with Crippen LogP contribution in [0.25, 0.3) is 0 Å². The number of anilines is 1. The number of hydrogen-bond acceptors (Lipinski definition) is 5. The Morgan fingerprint density at radius 3 is 2.64 bits per heavy atom. The van der Waals surface area contributed by atoms with Crippen molar-refractivity contribution in [3.63, 3.8) is 0 Å². The van der Waals surface area contributed by atoms with Crippen LogP contribution in [0.15, 0.2) is 16.6 Å². The summed E-state index contributed by atoms with van der Waals surface area (Å²) < 4.78 is 6.09. The van der Waals surface area contributed by atoms with Crippen molar-refractivity contribution in [2.45, 2.75) is 20.8 Å². The highest BCUT2D eigenvalue weighted by Gasteiger charge is 2.18. The average molecular weight is 438 g/mol. The highest BCUT2D eigenvalue weighted by atomic mass is 79.9. The van der Waals surface area contributed by atoms with Crippen molar-refractivity contribution >= 4 is 55.5 Å². The Labute approximate surface area is 164 Å². The topological polar surface area (TPSA) is 74.2 Å². The number of thiocarbonyl (C=S) groups is 1. The summed E-state index contributed by atoms with van der Waals surface area (Å²) in [5, 5.41) is 15.6. The Bertz CT molecular complexity index is 900. The van der Waals surface area contributed by atoms with Gasteiger partial charge in [-0.25, -0.2) is 0 Å². The molecule has 2 rings (SSSR count). The van der Waals surface area contributed by atoms with Gasteiger partial charge in [-0.3, -0.25) is 10.1 Å². The van der Waals surface area contributed by atoms with Crippen LogP contribution in [0, 0.1) is 32.1 Å². The number of methoxy groups -OCH3 is 1. The van der Waals surface area contributed by atoms with Gasteiger partial charge in [-0.2, -0.15) is 5.26 Å². The molecule has 2 aromatic rings. The van der Waals surface area contributed by atoms with Gasteiger partial charge in [-0.15, -0.1) is 11.3 Å². The van der Waals surface area contributed by atoms with Crippen LogP contribution in [0.1, 0.15) is 31.9 Å². The Balaban J connectivity index is 2.21. The molecule has 0 bridgehead atoms. The zero-order valence-electron chi connectivity index (χ0n) is 14.1. The SMILES string of the molecule is COc1c(C)cc(Br)cc1C(=O)NC(=S)Nc1sc(C)c(C)c1C#N. The second kappa shape index (κ2) is 7.95. The summed E-state index contributed by atoms with van der Waals surface area (Å²) in [5.74, 6) is 0.103. The predicted molar refractivity (Wildman–Crippen MR) is 108 cm³/mol. The maximum Gasteiger partial charge on any atom is 0.261 e. The van der Waals surface area contributed by atoms with Crippen LogP contribution < -0.4 is 15.4 Å². The molecule has 0 fully saturated rings. The van der Waals surface area contributed by atoms with Gasteiger partial charge in [0.2, 0.25) is 0 Å². The third-order valence-electron chi connectivity index (χ3n) is 3.64. The van der Waals surface area contributed by atoms with Crippen molar-refractivity contribution in [1.29, 1.82) is 5.26 Å². The van der Waals surface area contributed by atoms with Crippen molar-refractivity contribution < 1.29 is 9.53 Å². The third-order valence-corrected chi connectivity index (χ3v) is 5.42. The molecule has 0 spiro atoms. The number of benzene rings is 1. The van der Waals surface area contributed by atoms with Gasteiger partial charge in [-0.05, 0) is 56.2 Å². The van der Waals surface area contributed by atoms with Crippen LogP contribution in [0.4, 0.5) is 5.00 Å². The van der Waals surface area contributed by atoms with E-state index in [1.807, 2.05) is 26.8 Å². The summed E-state index contributed by atoms with van der Waals surface area (Å²) in [6.45, 7) is 5.67. The van der Waals surface area contributed by atoms with Crippen LogP contribution in [-0.4, -0.2) is 18.1 Å². The van der Waals surface area contributed by atoms with Gasteiger partial charge in [0.05, 0.1) is 18.2 Å². The van der Waals surface area contributed by atoms with Gasteiger partial charge in [0.1, 0.15) is 16.8 Å². The lowest BCUT2D eigenvalue weighted by Crippen LogP contribution is -2.34. The third kappa shape index (κ3) is 4.18. The predicted octanol–water partition coefficient (Wildman–Crippen LogP) is 4.44. The first-order valence-electron chi connectivity index (χ1n) is 7.25. The first-order valence-corrected chi connectivity index (χ1v) is 9.26. The number of nitrogens with one attached hydrogen (secondary N) is 2. The molecule has 0 atom stereocenters. The number of nitrogens with zero attached hydrogens (tertiary/aromatic N) is 1. The zero-order chi connectivity index (χ0) is 18.7. The summed E-state index contributed by atoms with van der Waals surface area (Å²) in [6, 6.07) is 5.69. The molecule has 2 N–H and O–H groups in total. The quantitative estimate of drug-likeness (QED) is 0.693. The molecule has 0 radical (unpaired) electrons. The van der Waals surface area contributed by atoms with E-state index in [4.69, 9.17) is 17.0 Å². The maximum atomic E-state index is 12.6. The maximum absolute atomic E-state index is 12.6. The number of hydrogen-bond donors (Lipinski definition) is 2. The molecule has 0 aliphatic carbocycles. The molecule has 0 unspecified atom stereocenters. The van der Waals surface area contributed by atoms with Crippen molar-refractivity contribution in [2.75, 3.05) is 12.4 Å². The lowest BCUT2D eigenvalue weighted by molar-refractivity contribution is 0.0974. The summed E-state index contributed by atoms with van der Waals surface area (Å²) in [4.78, 5) is 13.6. The van der Waals surface area contributed by atoms with Crippen molar-refractivity contribution in [1.82, 2.24) is 5.32 Å². The number of carbonyl (C=O) groups excluding carboxylic acids is 1. The molecule has 1 heterocycles. The Morgan fingerprint density at radius 1 is 1.36 bits per heavy atom. The molecule has 0 aliphatic heterocycles. The summed E-state index contributed by atoms with van der Waals surface area (Å²) in [7, 11) is 1.51. The molecular formula is C17H16BrN3O2S2. The number of ether oxygens (including phenoxy) is 1. The number of rotatable bonds is 3. The van der Waals surface area contributed by atoms with Crippen LogP contribution in [0.2, 0.25) is 0 Å². The number of nitriles is 1. The Morgan fingerprint density at radius 2 is 2.04 bits per heavy atom. The summed E-state index contributed by atoms with van der Waals surface area (Å²) >= 11 is 10.0. The molecule has 130 valence electrons. The van der Waals surface area contributed by atoms with Gasteiger partial charge in [0, 0.05) is 9.35 Å². The first-order chi connectivity index (χ1) is 11.8. The average Bonchev–Trinajstić information content (AvgIpc) is 2.80. The second-order valence-electron chi connectivity index (χ2n) is 5.31. The normalized spacial score (nSPS) is 10.1. The summed E-state index contributed by atoms with van der Waals surface area (Å²) in [6.07, 6.45) is 0. The molecule has 0 aliphatic rings. The van der Waals surface area contributed by atoms with Gasteiger partial charge in [-0.1, -0.05) is 15.9 Å².